The predicted octanol–water partition coefficient (Wildman–Crippen LogP) is 3.89. The van der Waals surface area contributed by atoms with Crippen LogP contribution in [0.5, 0.6) is 17.4 Å². The van der Waals surface area contributed by atoms with Gasteiger partial charge in [-0.25, -0.2) is 4.98 Å². The molecule has 0 atom stereocenters. The van der Waals surface area contributed by atoms with E-state index in [1.54, 1.807) is 48.7 Å². The molecule has 0 fully saturated rings. The highest BCUT2D eigenvalue weighted by Crippen LogP contribution is 2.22. The highest BCUT2D eigenvalue weighted by Gasteiger charge is 2.04. The van der Waals surface area contributed by atoms with Gasteiger partial charge >= 0.3 is 0 Å². The molecule has 5 heteroatoms. The van der Waals surface area contributed by atoms with Crippen molar-refractivity contribution in [2.24, 2.45) is 0 Å². The lowest BCUT2D eigenvalue weighted by atomic mass is 10.3. The van der Waals surface area contributed by atoms with Crippen molar-refractivity contribution in [3.05, 3.63) is 79.0 Å². The van der Waals surface area contributed by atoms with Crippen LogP contribution in [0.3, 0.4) is 0 Å². The van der Waals surface area contributed by atoms with E-state index in [2.05, 4.69) is 10.3 Å². The molecule has 0 bridgehead atoms. The largest absolute Gasteiger partial charge is 0.468 e. The Morgan fingerprint density at radius 1 is 0.875 bits per heavy atom. The molecule has 1 N–H and O–H groups in total. The molecule has 3 aromatic rings. The summed E-state index contributed by atoms with van der Waals surface area (Å²) >= 11 is 0. The van der Waals surface area contributed by atoms with E-state index in [0.717, 1.165) is 5.75 Å². The summed E-state index contributed by atoms with van der Waals surface area (Å²) in [5, 5.41) is 2.76. The van der Waals surface area contributed by atoms with E-state index < -0.39 is 0 Å². The predicted molar refractivity (Wildman–Crippen MR) is 91.3 cm³/mol. The molecule has 0 spiro atoms. The smallest absolute Gasteiger partial charge is 0.262 e. The summed E-state index contributed by atoms with van der Waals surface area (Å²) < 4.78 is 11.0. The minimum Gasteiger partial charge on any atom is -0.468 e. The van der Waals surface area contributed by atoms with Crippen molar-refractivity contribution in [3.63, 3.8) is 0 Å². The van der Waals surface area contributed by atoms with Gasteiger partial charge in [0.2, 0.25) is 5.88 Å². The van der Waals surface area contributed by atoms with Crippen molar-refractivity contribution in [3.8, 4) is 17.4 Å². The molecular formula is C19H16N2O3. The van der Waals surface area contributed by atoms with Gasteiger partial charge in [0, 0.05) is 18.0 Å². The number of hydrogen-bond donors (Lipinski definition) is 1. The number of amides is 1. The zero-order valence-corrected chi connectivity index (χ0v) is 12.9. The molecule has 1 aromatic heterocycles. The number of aromatic nitrogens is 1. The fourth-order valence-corrected chi connectivity index (χ4v) is 2.00. The van der Waals surface area contributed by atoms with Gasteiger partial charge in [0.1, 0.15) is 11.5 Å². The van der Waals surface area contributed by atoms with Gasteiger partial charge in [-0.05, 0) is 42.5 Å². The molecule has 1 heterocycles. The van der Waals surface area contributed by atoms with Gasteiger partial charge in [-0.1, -0.05) is 24.3 Å². The molecule has 120 valence electrons. The number of carbonyl (C=O) groups is 1. The minimum atomic E-state index is -0.252. The normalized spacial score (nSPS) is 10.0. The summed E-state index contributed by atoms with van der Waals surface area (Å²) in [4.78, 5) is 15.9. The number of nitrogens with zero attached hydrogens (tertiary/aromatic N) is 1. The first kappa shape index (κ1) is 15.6. The van der Waals surface area contributed by atoms with Crippen LogP contribution >= 0.6 is 0 Å². The molecule has 0 radical (unpaired) electrons. The Labute approximate surface area is 139 Å². The second-order valence-electron chi connectivity index (χ2n) is 4.94. The Bertz CT molecular complexity index is 775. The van der Waals surface area contributed by atoms with E-state index in [4.69, 9.17) is 9.47 Å². The van der Waals surface area contributed by atoms with Crippen LogP contribution in [0.1, 0.15) is 0 Å². The van der Waals surface area contributed by atoms with E-state index in [-0.39, 0.29) is 12.5 Å². The molecule has 0 aliphatic carbocycles. The van der Waals surface area contributed by atoms with Crippen molar-refractivity contribution in [1.82, 2.24) is 4.98 Å². The van der Waals surface area contributed by atoms with Crippen LogP contribution in [0.25, 0.3) is 0 Å². The number of carbonyl (C=O) groups excluding carboxylic acids is 1. The maximum Gasteiger partial charge on any atom is 0.262 e. The molecule has 3 rings (SSSR count). The maximum atomic E-state index is 11.9. The lowest BCUT2D eigenvalue weighted by Crippen LogP contribution is -2.20. The number of para-hydroxylation sites is 1. The van der Waals surface area contributed by atoms with E-state index in [1.807, 2.05) is 30.3 Å². The van der Waals surface area contributed by atoms with Gasteiger partial charge in [0.25, 0.3) is 5.91 Å². The number of benzene rings is 2. The van der Waals surface area contributed by atoms with Gasteiger partial charge in [-0.3, -0.25) is 4.79 Å². The lowest BCUT2D eigenvalue weighted by Gasteiger charge is -2.08. The summed E-state index contributed by atoms with van der Waals surface area (Å²) in [5.41, 5.74) is 0.671. The third kappa shape index (κ3) is 4.58. The van der Waals surface area contributed by atoms with Gasteiger partial charge in [0.15, 0.2) is 6.61 Å². The van der Waals surface area contributed by atoms with Crippen LogP contribution in [0.15, 0.2) is 79.0 Å². The Hall–Kier alpha value is -3.34. The number of rotatable bonds is 6. The second kappa shape index (κ2) is 7.78. The third-order valence-corrected chi connectivity index (χ3v) is 3.11. The molecule has 0 aliphatic rings. The highest BCUT2D eigenvalue weighted by molar-refractivity contribution is 5.91. The topological polar surface area (TPSA) is 60.5 Å². The summed E-state index contributed by atoms with van der Waals surface area (Å²) in [5.74, 6) is 1.62. The van der Waals surface area contributed by atoms with Crippen LogP contribution in [0, 0.1) is 0 Å². The Balaban J connectivity index is 1.51. The van der Waals surface area contributed by atoms with Gasteiger partial charge < -0.3 is 14.8 Å². The van der Waals surface area contributed by atoms with Crippen molar-refractivity contribution in [2.45, 2.75) is 0 Å². The number of anilines is 1. The molecule has 5 nitrogen and oxygen atoms in total. The SMILES string of the molecule is O=C(COc1ccccn1)Nc1ccc(Oc2ccccc2)cc1. The van der Waals surface area contributed by atoms with Crippen molar-refractivity contribution >= 4 is 11.6 Å². The van der Waals surface area contributed by atoms with Crippen LogP contribution in [-0.4, -0.2) is 17.5 Å². The number of pyridine rings is 1. The Morgan fingerprint density at radius 2 is 1.58 bits per heavy atom. The van der Waals surface area contributed by atoms with Gasteiger partial charge in [-0.2, -0.15) is 0 Å². The van der Waals surface area contributed by atoms with E-state index in [1.165, 1.54) is 0 Å². The average molecular weight is 320 g/mol. The monoisotopic (exact) mass is 320 g/mol. The number of hydrogen-bond acceptors (Lipinski definition) is 4. The molecule has 0 unspecified atom stereocenters. The van der Waals surface area contributed by atoms with Gasteiger partial charge in [-0.15, -0.1) is 0 Å². The molecule has 2 aromatic carbocycles. The second-order valence-corrected chi connectivity index (χ2v) is 4.94. The number of nitrogens with one attached hydrogen (secondary N) is 1. The first-order valence-electron chi connectivity index (χ1n) is 7.46. The zero-order valence-electron chi connectivity index (χ0n) is 12.9. The lowest BCUT2D eigenvalue weighted by molar-refractivity contribution is -0.118. The molecule has 0 aliphatic heterocycles. The highest BCUT2D eigenvalue weighted by atomic mass is 16.5. The van der Waals surface area contributed by atoms with Crippen LogP contribution < -0.4 is 14.8 Å². The minimum absolute atomic E-state index is 0.0979. The summed E-state index contributed by atoms with van der Waals surface area (Å²) in [6, 6.07) is 21.9. The standard InChI is InChI=1S/C19H16N2O3/c22-18(14-23-19-8-4-5-13-20-19)21-15-9-11-17(12-10-15)24-16-6-2-1-3-7-16/h1-13H,14H2,(H,21,22). The summed E-state index contributed by atoms with van der Waals surface area (Å²) in [7, 11) is 0. The Morgan fingerprint density at radius 3 is 2.29 bits per heavy atom. The summed E-state index contributed by atoms with van der Waals surface area (Å²) in [6.45, 7) is -0.0979. The number of ether oxygens (including phenoxy) is 2. The van der Waals surface area contributed by atoms with Gasteiger partial charge in [0.05, 0.1) is 0 Å². The zero-order chi connectivity index (χ0) is 16.6. The fraction of sp³-hybridized carbons (Fsp3) is 0.0526. The molecule has 0 saturated heterocycles. The quantitative estimate of drug-likeness (QED) is 0.748. The van der Waals surface area contributed by atoms with Crippen molar-refractivity contribution < 1.29 is 14.3 Å². The third-order valence-electron chi connectivity index (χ3n) is 3.11. The van der Waals surface area contributed by atoms with Crippen molar-refractivity contribution in [2.75, 3.05) is 11.9 Å². The molecular weight excluding hydrogens is 304 g/mol. The average Bonchev–Trinajstić information content (AvgIpc) is 2.63. The van der Waals surface area contributed by atoms with Crippen LogP contribution in [0.2, 0.25) is 0 Å². The van der Waals surface area contributed by atoms with Crippen LogP contribution in [-0.2, 0) is 4.79 Å². The fourth-order valence-electron chi connectivity index (χ4n) is 2.00. The Kier molecular flexibility index (Phi) is 5.04. The first-order chi connectivity index (χ1) is 11.8. The summed E-state index contributed by atoms with van der Waals surface area (Å²) in [6.07, 6.45) is 1.61. The van der Waals surface area contributed by atoms with E-state index >= 15 is 0 Å². The van der Waals surface area contributed by atoms with Crippen molar-refractivity contribution in [1.29, 1.82) is 0 Å². The molecule has 1 amide bonds. The van der Waals surface area contributed by atoms with E-state index in [9.17, 15) is 4.79 Å². The molecule has 24 heavy (non-hydrogen) atoms. The van der Waals surface area contributed by atoms with E-state index in [0.29, 0.717) is 17.3 Å². The maximum absolute atomic E-state index is 11.9. The molecule has 0 saturated carbocycles. The first-order valence-corrected chi connectivity index (χ1v) is 7.46. The van der Waals surface area contributed by atoms with Crippen LogP contribution in [0.4, 0.5) is 5.69 Å².